The molecule has 18 heavy (non-hydrogen) atoms. The molecule has 2 aromatic carbocycles. The molecule has 0 radical (unpaired) electrons. The summed E-state index contributed by atoms with van der Waals surface area (Å²) in [6.07, 6.45) is 3.34. The maximum absolute atomic E-state index is 3.14. The molecule has 0 amide bonds. The summed E-state index contributed by atoms with van der Waals surface area (Å²) < 4.78 is 0. The van der Waals surface area contributed by atoms with Crippen molar-refractivity contribution in [2.24, 2.45) is 0 Å². The highest BCUT2D eigenvalue weighted by atomic mass is 14.8. The van der Waals surface area contributed by atoms with E-state index in [1.54, 1.807) is 0 Å². The van der Waals surface area contributed by atoms with Crippen LogP contribution in [-0.2, 0) is 19.3 Å². The molecule has 0 heterocycles. The predicted molar refractivity (Wildman–Crippen MR) is 79.2 cm³/mol. The van der Waals surface area contributed by atoms with Crippen LogP contribution in [0.25, 0.3) is 0 Å². The van der Waals surface area contributed by atoms with Gasteiger partial charge in [-0.25, -0.2) is 0 Å². The van der Waals surface area contributed by atoms with E-state index in [2.05, 4.69) is 60.8 Å². The summed E-state index contributed by atoms with van der Waals surface area (Å²) >= 11 is 0. The average Bonchev–Trinajstić information content (AvgIpc) is 2.46. The van der Waals surface area contributed by atoms with Crippen LogP contribution in [0.5, 0.6) is 0 Å². The monoisotopic (exact) mass is 239 g/mol. The molecule has 0 aromatic heterocycles. The summed E-state index contributed by atoms with van der Waals surface area (Å²) in [5, 5.41) is 3.14. The van der Waals surface area contributed by atoms with E-state index in [1.165, 1.54) is 22.4 Å². The van der Waals surface area contributed by atoms with E-state index in [0.29, 0.717) is 0 Å². The second-order valence-corrected chi connectivity index (χ2v) is 4.62. The largest absolute Gasteiger partial charge is 0.388 e. The van der Waals surface area contributed by atoms with Crippen molar-refractivity contribution in [1.29, 1.82) is 0 Å². The molecule has 0 saturated carbocycles. The van der Waals surface area contributed by atoms with Gasteiger partial charge in [-0.05, 0) is 48.1 Å². The van der Waals surface area contributed by atoms with E-state index in [9.17, 15) is 0 Å². The van der Waals surface area contributed by atoms with E-state index in [4.69, 9.17) is 0 Å². The number of nitrogens with one attached hydrogen (secondary N) is 1. The first-order valence-corrected chi connectivity index (χ1v) is 6.66. The molecule has 2 aromatic rings. The van der Waals surface area contributed by atoms with Gasteiger partial charge < -0.3 is 5.32 Å². The Kier molecular flexibility index (Phi) is 4.40. The van der Waals surface area contributed by atoms with Gasteiger partial charge >= 0.3 is 0 Å². The maximum Gasteiger partial charge on any atom is 0.0337 e. The number of aryl methyl sites for hydroxylation is 3. The molecular weight excluding hydrogens is 218 g/mol. The highest BCUT2D eigenvalue weighted by Gasteiger charge is 1.97. The molecular formula is C17H21N. The molecule has 94 valence electrons. The first kappa shape index (κ1) is 12.7. The van der Waals surface area contributed by atoms with Crippen molar-refractivity contribution in [3.8, 4) is 0 Å². The van der Waals surface area contributed by atoms with Gasteiger partial charge in [-0.1, -0.05) is 43.3 Å². The number of rotatable bonds is 5. The van der Waals surface area contributed by atoms with Crippen LogP contribution in [0.2, 0.25) is 0 Å². The van der Waals surface area contributed by atoms with Crippen molar-refractivity contribution in [2.45, 2.75) is 26.2 Å². The summed E-state index contributed by atoms with van der Waals surface area (Å²) in [7, 11) is 1.95. The lowest BCUT2D eigenvalue weighted by atomic mass is 10.0. The highest BCUT2D eigenvalue weighted by molar-refractivity contribution is 5.43. The number of benzene rings is 2. The van der Waals surface area contributed by atoms with Crippen LogP contribution in [0.15, 0.2) is 48.5 Å². The second-order valence-electron chi connectivity index (χ2n) is 4.62. The van der Waals surface area contributed by atoms with Crippen molar-refractivity contribution in [1.82, 2.24) is 0 Å². The van der Waals surface area contributed by atoms with Crippen LogP contribution in [-0.4, -0.2) is 7.05 Å². The zero-order valence-corrected chi connectivity index (χ0v) is 11.2. The summed E-state index contributed by atoms with van der Waals surface area (Å²) in [5.41, 5.74) is 5.40. The molecule has 0 aliphatic carbocycles. The molecule has 0 aliphatic heterocycles. The minimum atomic E-state index is 1.11. The Labute approximate surface area is 110 Å². The number of anilines is 1. The summed E-state index contributed by atoms with van der Waals surface area (Å²) in [5.74, 6) is 0. The molecule has 1 nitrogen and oxygen atoms in total. The van der Waals surface area contributed by atoms with E-state index < -0.39 is 0 Å². The fraction of sp³-hybridized carbons (Fsp3) is 0.294. The smallest absolute Gasteiger partial charge is 0.0337 e. The molecule has 0 unspecified atom stereocenters. The van der Waals surface area contributed by atoms with Gasteiger partial charge in [0, 0.05) is 12.7 Å². The maximum atomic E-state index is 3.14. The lowest BCUT2D eigenvalue weighted by Gasteiger charge is -2.05. The first-order chi connectivity index (χ1) is 8.81. The SMILES string of the molecule is CCc1ccc(CCc2ccc(NC)cc2)cc1. The van der Waals surface area contributed by atoms with Crippen molar-refractivity contribution < 1.29 is 0 Å². The Bertz CT molecular complexity index is 420. The van der Waals surface area contributed by atoms with Gasteiger partial charge in [-0.3, -0.25) is 0 Å². The fourth-order valence-electron chi connectivity index (χ4n) is 2.07. The normalized spacial score (nSPS) is 10.3. The minimum absolute atomic E-state index is 1.11. The first-order valence-electron chi connectivity index (χ1n) is 6.66. The molecule has 0 fully saturated rings. The molecule has 0 aliphatic rings. The molecule has 0 atom stereocenters. The topological polar surface area (TPSA) is 12.0 Å². The van der Waals surface area contributed by atoms with E-state index in [-0.39, 0.29) is 0 Å². The van der Waals surface area contributed by atoms with Crippen LogP contribution in [0.4, 0.5) is 5.69 Å². The second kappa shape index (κ2) is 6.25. The third-order valence-corrected chi connectivity index (χ3v) is 3.38. The quantitative estimate of drug-likeness (QED) is 0.829. The Morgan fingerprint density at radius 2 is 1.17 bits per heavy atom. The molecule has 0 spiro atoms. The van der Waals surface area contributed by atoms with E-state index in [0.717, 1.165) is 19.3 Å². The van der Waals surface area contributed by atoms with Crippen molar-refractivity contribution in [2.75, 3.05) is 12.4 Å². The molecule has 2 rings (SSSR count). The van der Waals surface area contributed by atoms with Crippen molar-refractivity contribution >= 4 is 5.69 Å². The lowest BCUT2D eigenvalue weighted by molar-refractivity contribution is 0.957. The Morgan fingerprint density at radius 3 is 1.61 bits per heavy atom. The van der Waals surface area contributed by atoms with Crippen LogP contribution < -0.4 is 5.32 Å². The van der Waals surface area contributed by atoms with Gasteiger partial charge in [0.15, 0.2) is 0 Å². The van der Waals surface area contributed by atoms with Crippen LogP contribution in [0.1, 0.15) is 23.6 Å². The van der Waals surface area contributed by atoms with Gasteiger partial charge in [0.2, 0.25) is 0 Å². The molecule has 1 N–H and O–H groups in total. The van der Waals surface area contributed by atoms with Gasteiger partial charge in [-0.2, -0.15) is 0 Å². The Morgan fingerprint density at radius 1 is 0.722 bits per heavy atom. The van der Waals surface area contributed by atoms with Crippen LogP contribution in [0.3, 0.4) is 0 Å². The molecule has 1 heteroatoms. The van der Waals surface area contributed by atoms with Gasteiger partial charge in [0.25, 0.3) is 0 Å². The third-order valence-electron chi connectivity index (χ3n) is 3.38. The van der Waals surface area contributed by atoms with Gasteiger partial charge in [0.1, 0.15) is 0 Å². The fourth-order valence-corrected chi connectivity index (χ4v) is 2.07. The average molecular weight is 239 g/mol. The van der Waals surface area contributed by atoms with Crippen molar-refractivity contribution in [3.63, 3.8) is 0 Å². The van der Waals surface area contributed by atoms with Crippen LogP contribution >= 0.6 is 0 Å². The summed E-state index contributed by atoms with van der Waals surface area (Å²) in [6, 6.07) is 17.6. The molecule has 0 bridgehead atoms. The zero-order chi connectivity index (χ0) is 12.8. The lowest BCUT2D eigenvalue weighted by Crippen LogP contribution is -1.93. The highest BCUT2D eigenvalue weighted by Crippen LogP contribution is 2.12. The summed E-state index contributed by atoms with van der Waals surface area (Å²) in [6.45, 7) is 2.19. The molecule has 0 saturated heterocycles. The van der Waals surface area contributed by atoms with Gasteiger partial charge in [0.05, 0.1) is 0 Å². The standard InChI is InChI=1S/C17H21N/c1-3-14-4-6-15(7-5-14)8-9-16-10-12-17(18-2)13-11-16/h4-7,10-13,18H,3,8-9H2,1-2H3. The minimum Gasteiger partial charge on any atom is -0.388 e. The van der Waals surface area contributed by atoms with Crippen molar-refractivity contribution in [3.05, 3.63) is 65.2 Å². The zero-order valence-electron chi connectivity index (χ0n) is 11.2. The summed E-state index contributed by atoms with van der Waals surface area (Å²) in [4.78, 5) is 0. The Hall–Kier alpha value is -1.76. The van der Waals surface area contributed by atoms with Crippen LogP contribution in [0, 0.1) is 0 Å². The number of hydrogen-bond donors (Lipinski definition) is 1. The number of hydrogen-bond acceptors (Lipinski definition) is 1. The van der Waals surface area contributed by atoms with E-state index in [1.807, 2.05) is 7.05 Å². The Balaban J connectivity index is 1.93. The van der Waals surface area contributed by atoms with Gasteiger partial charge in [-0.15, -0.1) is 0 Å². The predicted octanol–water partition coefficient (Wildman–Crippen LogP) is 4.08. The third kappa shape index (κ3) is 3.36. The van der Waals surface area contributed by atoms with E-state index >= 15 is 0 Å².